The molecule has 0 fully saturated rings. The molecule has 0 saturated carbocycles. The molecule has 0 saturated heterocycles. The molecule has 3 rings (SSSR count). The second-order valence-corrected chi connectivity index (χ2v) is 13.9. The number of aliphatic carboxylic acids is 1. The number of aromatic amines is 1. The minimum absolute atomic E-state index is 0.0309. The molecule has 0 aliphatic carbocycles. The highest BCUT2D eigenvalue weighted by atomic mass is 16.6. The van der Waals surface area contributed by atoms with Gasteiger partial charge in [0.05, 0.1) is 6.42 Å². The van der Waals surface area contributed by atoms with Crippen LogP contribution in [0.4, 0.5) is 4.79 Å². The number of primary amides is 1. The molecule has 292 valence electrons. The molecule has 1 aromatic heterocycles. The Morgan fingerprint density at radius 1 is 0.796 bits per heavy atom. The zero-order valence-electron chi connectivity index (χ0n) is 31.0. The van der Waals surface area contributed by atoms with E-state index in [1.807, 2.05) is 31.2 Å². The van der Waals surface area contributed by atoms with Crippen LogP contribution >= 0.6 is 0 Å². The van der Waals surface area contributed by atoms with Crippen molar-refractivity contribution >= 4 is 52.5 Å². The molecule has 2 aromatic carbocycles. The lowest BCUT2D eigenvalue weighted by atomic mass is 10.0. The van der Waals surface area contributed by atoms with E-state index in [1.54, 1.807) is 57.3 Å². The Hall–Kier alpha value is -5.93. The number of nitrogens with one attached hydrogen (secondary N) is 6. The van der Waals surface area contributed by atoms with E-state index in [4.69, 9.17) is 10.5 Å². The Bertz CT molecular complexity index is 1770. The summed E-state index contributed by atoms with van der Waals surface area (Å²) < 4.78 is 5.20. The number of unbranched alkanes of at least 4 members (excludes halogenated alkanes) is 1. The standard InChI is InChI=1S/C38H51N7O9/c1-5-6-15-27(34(50)45-30(21-32(47)48)36(52)44-28(33(39)49)19-23-12-8-7-9-13-23)43-35(51)29(20-24-22-41-26-16-11-10-14-25(24)26)42-31(46)17-18-40-37(53)54-38(2,3)4/h7-14,16,22,27-30,41H,5-6,15,17-21H2,1-4H3,(H2,39,49)(H,40,53)(H,42,46)(H,43,51)(H,44,52)(H,45,50)(H,47,48)/t27-,28-,29-,30-/m0/s1. The number of carbonyl (C=O) groups is 7. The molecule has 4 atom stereocenters. The van der Waals surface area contributed by atoms with Gasteiger partial charge in [0.15, 0.2) is 0 Å². The van der Waals surface area contributed by atoms with Crippen molar-refractivity contribution in [3.05, 3.63) is 71.9 Å². The van der Waals surface area contributed by atoms with Gasteiger partial charge in [0.25, 0.3) is 0 Å². The molecule has 1 heterocycles. The zero-order chi connectivity index (χ0) is 39.8. The minimum atomic E-state index is -1.62. The predicted octanol–water partition coefficient (Wildman–Crippen LogP) is 1.96. The smallest absolute Gasteiger partial charge is 0.407 e. The maximum atomic E-state index is 13.9. The van der Waals surface area contributed by atoms with E-state index in [9.17, 15) is 38.7 Å². The van der Waals surface area contributed by atoms with Crippen LogP contribution in [0.5, 0.6) is 0 Å². The fourth-order valence-corrected chi connectivity index (χ4v) is 5.54. The second kappa shape index (κ2) is 20.3. The fourth-order valence-electron chi connectivity index (χ4n) is 5.54. The van der Waals surface area contributed by atoms with Gasteiger partial charge in [0.1, 0.15) is 29.8 Å². The Morgan fingerprint density at radius 2 is 1.41 bits per heavy atom. The van der Waals surface area contributed by atoms with Crippen LogP contribution in [0.2, 0.25) is 0 Å². The molecule has 16 nitrogen and oxygen atoms in total. The molecule has 6 amide bonds. The van der Waals surface area contributed by atoms with Crippen LogP contribution in [-0.4, -0.2) is 88.0 Å². The third kappa shape index (κ3) is 14.2. The number of para-hydroxylation sites is 1. The van der Waals surface area contributed by atoms with Gasteiger partial charge in [-0.15, -0.1) is 0 Å². The molecule has 0 aliphatic heterocycles. The van der Waals surface area contributed by atoms with Crippen molar-refractivity contribution in [3.8, 4) is 0 Å². The normalized spacial score (nSPS) is 13.4. The topological polar surface area (TPSA) is 251 Å². The van der Waals surface area contributed by atoms with E-state index in [0.717, 1.165) is 10.9 Å². The number of benzene rings is 2. The van der Waals surface area contributed by atoms with Gasteiger partial charge in [0, 0.05) is 42.9 Å². The average Bonchev–Trinajstić information content (AvgIpc) is 3.51. The van der Waals surface area contributed by atoms with Crippen LogP contribution in [-0.2, 0) is 46.3 Å². The summed E-state index contributed by atoms with van der Waals surface area (Å²) in [6.07, 6.45) is 1.32. The number of hydrogen-bond donors (Lipinski definition) is 8. The number of nitrogens with two attached hydrogens (primary N) is 1. The minimum Gasteiger partial charge on any atom is -0.481 e. The van der Waals surface area contributed by atoms with Gasteiger partial charge in [-0.3, -0.25) is 28.8 Å². The molecule has 0 spiro atoms. The summed E-state index contributed by atoms with van der Waals surface area (Å²) >= 11 is 0. The lowest BCUT2D eigenvalue weighted by molar-refractivity contribution is -0.141. The maximum absolute atomic E-state index is 13.9. The molecule has 3 aromatic rings. The Labute approximate surface area is 313 Å². The Balaban J connectivity index is 1.79. The molecule has 0 bridgehead atoms. The van der Waals surface area contributed by atoms with Crippen LogP contribution < -0.4 is 32.3 Å². The van der Waals surface area contributed by atoms with E-state index in [1.165, 1.54) is 0 Å². The van der Waals surface area contributed by atoms with Crippen LogP contribution in [0.1, 0.15) is 70.9 Å². The molecule has 0 radical (unpaired) electrons. The van der Waals surface area contributed by atoms with Gasteiger partial charge in [-0.1, -0.05) is 68.3 Å². The fraction of sp³-hybridized carbons (Fsp3) is 0.447. The van der Waals surface area contributed by atoms with Crippen molar-refractivity contribution in [2.45, 2.75) is 102 Å². The number of aromatic nitrogens is 1. The number of carboxylic acid groups (broad SMARTS) is 1. The van der Waals surface area contributed by atoms with Crippen molar-refractivity contribution in [3.63, 3.8) is 0 Å². The average molecular weight is 750 g/mol. The Morgan fingerprint density at radius 3 is 2.06 bits per heavy atom. The van der Waals surface area contributed by atoms with E-state index in [0.29, 0.717) is 24.0 Å². The van der Waals surface area contributed by atoms with Gasteiger partial charge in [-0.2, -0.15) is 0 Å². The number of fused-ring (bicyclic) bond motifs is 1. The largest absolute Gasteiger partial charge is 0.481 e. The summed E-state index contributed by atoms with van der Waals surface area (Å²) in [5.41, 5.74) is 7.02. The number of H-pyrrole nitrogens is 1. The van der Waals surface area contributed by atoms with Crippen LogP contribution in [0.15, 0.2) is 60.8 Å². The first kappa shape index (κ1) is 42.5. The molecular weight excluding hydrogens is 698 g/mol. The quantitative estimate of drug-likeness (QED) is 0.0840. The van der Waals surface area contributed by atoms with Crippen molar-refractivity contribution in [2.24, 2.45) is 5.73 Å². The van der Waals surface area contributed by atoms with Gasteiger partial charge in [0.2, 0.25) is 29.5 Å². The van der Waals surface area contributed by atoms with E-state index < -0.39 is 77.8 Å². The number of carboxylic acids is 1. The first-order valence-electron chi connectivity index (χ1n) is 17.8. The van der Waals surface area contributed by atoms with Gasteiger partial charge in [-0.05, 0) is 44.4 Å². The molecule has 54 heavy (non-hydrogen) atoms. The van der Waals surface area contributed by atoms with Crippen molar-refractivity contribution in [1.82, 2.24) is 31.6 Å². The van der Waals surface area contributed by atoms with Crippen molar-refractivity contribution in [2.75, 3.05) is 6.54 Å². The van der Waals surface area contributed by atoms with E-state index in [2.05, 4.69) is 31.6 Å². The van der Waals surface area contributed by atoms with Gasteiger partial charge >= 0.3 is 12.1 Å². The van der Waals surface area contributed by atoms with Gasteiger partial charge < -0.3 is 47.1 Å². The number of amides is 6. The van der Waals surface area contributed by atoms with E-state index in [-0.39, 0.29) is 32.2 Å². The summed E-state index contributed by atoms with van der Waals surface area (Å²) in [6.45, 7) is 6.91. The summed E-state index contributed by atoms with van der Waals surface area (Å²) in [5, 5.41) is 23.2. The Kier molecular flexibility index (Phi) is 16.0. The third-order valence-electron chi connectivity index (χ3n) is 8.20. The van der Waals surface area contributed by atoms with Crippen LogP contribution in [0.25, 0.3) is 10.9 Å². The summed E-state index contributed by atoms with van der Waals surface area (Å²) in [5.74, 6) is -5.30. The molecule has 0 unspecified atom stereocenters. The summed E-state index contributed by atoms with van der Waals surface area (Å²) in [4.78, 5) is 93.2. The number of hydrogen-bond acceptors (Lipinski definition) is 8. The van der Waals surface area contributed by atoms with Crippen LogP contribution in [0.3, 0.4) is 0 Å². The summed E-state index contributed by atoms with van der Waals surface area (Å²) in [6, 6.07) is 10.9. The van der Waals surface area contributed by atoms with Gasteiger partial charge in [-0.25, -0.2) is 4.79 Å². The molecule has 16 heteroatoms. The van der Waals surface area contributed by atoms with E-state index >= 15 is 0 Å². The monoisotopic (exact) mass is 749 g/mol. The highest BCUT2D eigenvalue weighted by molar-refractivity contribution is 5.97. The number of alkyl carbamates (subject to hydrolysis) is 1. The lowest BCUT2D eigenvalue weighted by Crippen LogP contribution is -2.58. The number of ether oxygens (including phenoxy) is 1. The first-order chi connectivity index (χ1) is 25.6. The first-order valence-corrected chi connectivity index (χ1v) is 17.8. The van der Waals surface area contributed by atoms with Crippen LogP contribution in [0, 0.1) is 0 Å². The zero-order valence-corrected chi connectivity index (χ0v) is 31.0. The number of carbonyl (C=O) groups excluding carboxylic acids is 6. The molecule has 0 aliphatic rings. The lowest BCUT2D eigenvalue weighted by Gasteiger charge is -2.26. The van der Waals surface area contributed by atoms with Crippen molar-refractivity contribution in [1.29, 1.82) is 0 Å². The van der Waals surface area contributed by atoms with Crippen molar-refractivity contribution < 1.29 is 43.4 Å². The molecule has 9 N–H and O–H groups in total. The summed E-state index contributed by atoms with van der Waals surface area (Å²) in [7, 11) is 0. The number of rotatable bonds is 20. The SMILES string of the molecule is CCCC[C@H](NC(=O)[C@H](Cc1c[nH]c2ccccc12)NC(=O)CCNC(=O)OC(C)(C)C)C(=O)N[C@@H](CC(=O)O)C(=O)N[C@@H](Cc1ccccc1)C(N)=O. The second-order valence-electron chi connectivity index (χ2n) is 13.9. The molecular formula is C38H51N7O9. The predicted molar refractivity (Wildman–Crippen MR) is 200 cm³/mol. The maximum Gasteiger partial charge on any atom is 0.407 e. The highest BCUT2D eigenvalue weighted by Crippen LogP contribution is 2.19. The highest BCUT2D eigenvalue weighted by Gasteiger charge is 2.32. The third-order valence-corrected chi connectivity index (χ3v) is 8.20.